The fourth-order valence-electron chi connectivity index (χ4n) is 2.32. The zero-order valence-corrected chi connectivity index (χ0v) is 10.4. The van der Waals surface area contributed by atoms with E-state index in [1.54, 1.807) is 12.1 Å². The van der Waals surface area contributed by atoms with Crippen molar-refractivity contribution in [3.8, 4) is 0 Å². The molecule has 0 radical (unpaired) electrons. The molecule has 1 aliphatic rings. The van der Waals surface area contributed by atoms with Crippen molar-refractivity contribution < 1.29 is 18.4 Å². The van der Waals surface area contributed by atoms with Gasteiger partial charge >= 0.3 is 5.97 Å². The van der Waals surface area contributed by atoms with Gasteiger partial charge in [0, 0.05) is 0 Å². The highest BCUT2D eigenvalue weighted by Gasteiger charge is 2.24. The number of quaternary nitrogens is 1. The van der Waals surface area contributed by atoms with Crippen molar-refractivity contribution in [2.45, 2.75) is 19.3 Å². The molecule has 1 aromatic rings. The summed E-state index contributed by atoms with van der Waals surface area (Å²) in [7, 11) is 2.24. The summed E-state index contributed by atoms with van der Waals surface area (Å²) in [5.41, 5.74) is 0. The van der Waals surface area contributed by atoms with Gasteiger partial charge in [-0.2, -0.15) is 0 Å². The summed E-state index contributed by atoms with van der Waals surface area (Å²) in [6, 6.07) is 3.31. The molecule has 1 saturated heterocycles. The summed E-state index contributed by atoms with van der Waals surface area (Å²) in [6.45, 7) is 3.75. The van der Waals surface area contributed by atoms with Crippen LogP contribution < -0.4 is 0 Å². The number of likely N-dealkylation sites (tertiary alicyclic amines) is 1. The van der Waals surface area contributed by atoms with Crippen LogP contribution in [0.1, 0.15) is 29.8 Å². The monoisotopic (exact) mass is 238 g/mol. The number of furan rings is 1. The minimum atomic E-state index is -0.362. The molecule has 1 aromatic heterocycles. The fourth-order valence-corrected chi connectivity index (χ4v) is 2.32. The largest absolute Gasteiger partial charge is 0.457 e. The Bertz CT molecular complexity index is 353. The van der Waals surface area contributed by atoms with Gasteiger partial charge in [0.25, 0.3) is 0 Å². The number of carbonyl (C=O) groups excluding carboxylic acids is 1. The normalized spacial score (nSPS) is 18.9. The zero-order valence-electron chi connectivity index (χ0n) is 10.4. The Labute approximate surface area is 102 Å². The lowest BCUT2D eigenvalue weighted by Crippen LogP contribution is -2.49. The molecule has 2 heterocycles. The third-order valence-electron chi connectivity index (χ3n) is 3.48. The van der Waals surface area contributed by atoms with Crippen LogP contribution in [0, 0.1) is 0 Å². The van der Waals surface area contributed by atoms with E-state index in [9.17, 15) is 4.79 Å². The molecule has 94 valence electrons. The average Bonchev–Trinajstić information content (AvgIpc) is 2.83. The Morgan fingerprint density at radius 3 is 2.82 bits per heavy atom. The van der Waals surface area contributed by atoms with E-state index in [2.05, 4.69) is 7.05 Å². The number of rotatable bonds is 4. The highest BCUT2D eigenvalue weighted by Crippen LogP contribution is 2.15. The lowest BCUT2D eigenvalue weighted by Gasteiger charge is -2.37. The van der Waals surface area contributed by atoms with E-state index in [0.29, 0.717) is 6.61 Å². The van der Waals surface area contributed by atoms with Crippen molar-refractivity contribution >= 4 is 5.97 Å². The quantitative estimate of drug-likeness (QED) is 0.595. The summed E-state index contributed by atoms with van der Waals surface area (Å²) in [5, 5.41) is 0. The number of hydrogen-bond donors (Lipinski definition) is 0. The first kappa shape index (κ1) is 12.2. The molecule has 0 spiro atoms. The molecule has 4 nitrogen and oxygen atoms in total. The van der Waals surface area contributed by atoms with Crippen molar-refractivity contribution in [3.63, 3.8) is 0 Å². The number of esters is 1. The van der Waals surface area contributed by atoms with E-state index in [1.807, 2.05) is 0 Å². The van der Waals surface area contributed by atoms with Crippen LogP contribution in [0.25, 0.3) is 0 Å². The molecule has 0 saturated carbocycles. The van der Waals surface area contributed by atoms with Gasteiger partial charge in [-0.25, -0.2) is 4.79 Å². The highest BCUT2D eigenvalue weighted by molar-refractivity contribution is 5.86. The SMILES string of the molecule is C[N+]1(CCOC(=O)c2ccco2)CCCCC1. The molecular formula is C13H20NO3+. The molecule has 0 N–H and O–H groups in total. The molecule has 0 aliphatic carbocycles. The van der Waals surface area contributed by atoms with E-state index in [-0.39, 0.29) is 11.7 Å². The minimum absolute atomic E-state index is 0.284. The van der Waals surface area contributed by atoms with E-state index in [4.69, 9.17) is 9.15 Å². The van der Waals surface area contributed by atoms with Gasteiger partial charge in [0.1, 0.15) is 13.2 Å². The molecule has 17 heavy (non-hydrogen) atoms. The van der Waals surface area contributed by atoms with Crippen LogP contribution in [0.5, 0.6) is 0 Å². The Hall–Kier alpha value is -1.29. The number of piperidine rings is 1. The average molecular weight is 238 g/mol. The Balaban J connectivity index is 1.74. The first-order valence-corrected chi connectivity index (χ1v) is 6.24. The molecule has 0 aromatic carbocycles. The van der Waals surface area contributed by atoms with E-state index >= 15 is 0 Å². The minimum Gasteiger partial charge on any atom is -0.457 e. The van der Waals surface area contributed by atoms with Crippen LogP contribution >= 0.6 is 0 Å². The predicted molar refractivity (Wildman–Crippen MR) is 63.6 cm³/mol. The van der Waals surface area contributed by atoms with E-state index in [0.717, 1.165) is 11.0 Å². The van der Waals surface area contributed by atoms with Gasteiger partial charge in [0.05, 0.1) is 26.4 Å². The third kappa shape index (κ3) is 3.33. The maximum Gasteiger partial charge on any atom is 0.374 e. The summed E-state index contributed by atoms with van der Waals surface area (Å²) in [6.07, 6.45) is 5.38. The van der Waals surface area contributed by atoms with Crippen molar-refractivity contribution in [3.05, 3.63) is 24.2 Å². The smallest absolute Gasteiger partial charge is 0.374 e. The van der Waals surface area contributed by atoms with Crippen LogP contribution in [0.4, 0.5) is 0 Å². The van der Waals surface area contributed by atoms with Gasteiger partial charge < -0.3 is 13.6 Å². The Morgan fingerprint density at radius 2 is 2.18 bits per heavy atom. The Morgan fingerprint density at radius 1 is 1.41 bits per heavy atom. The molecule has 1 fully saturated rings. The van der Waals surface area contributed by atoms with Gasteiger partial charge in [-0.05, 0) is 31.4 Å². The van der Waals surface area contributed by atoms with Crippen molar-refractivity contribution in [1.29, 1.82) is 0 Å². The van der Waals surface area contributed by atoms with Crippen molar-refractivity contribution in [1.82, 2.24) is 0 Å². The van der Waals surface area contributed by atoms with Crippen LogP contribution in [-0.4, -0.2) is 43.7 Å². The summed E-state index contributed by atoms with van der Waals surface area (Å²) < 4.78 is 11.2. The molecule has 0 unspecified atom stereocenters. The molecule has 2 rings (SSSR count). The summed E-state index contributed by atoms with van der Waals surface area (Å²) in [5.74, 6) is -0.0788. The van der Waals surface area contributed by atoms with Gasteiger partial charge in [-0.3, -0.25) is 0 Å². The molecular weight excluding hydrogens is 218 g/mol. The van der Waals surface area contributed by atoms with Gasteiger partial charge in [-0.1, -0.05) is 0 Å². The first-order chi connectivity index (χ1) is 8.20. The van der Waals surface area contributed by atoms with Crippen molar-refractivity contribution in [2.75, 3.05) is 33.3 Å². The second-order valence-corrected chi connectivity index (χ2v) is 4.96. The second-order valence-electron chi connectivity index (χ2n) is 4.96. The predicted octanol–water partition coefficient (Wildman–Crippen LogP) is 2.07. The second kappa shape index (κ2) is 5.36. The van der Waals surface area contributed by atoms with Crippen LogP contribution in [-0.2, 0) is 4.74 Å². The fraction of sp³-hybridized carbons (Fsp3) is 0.615. The number of carbonyl (C=O) groups is 1. The standard InChI is InChI=1S/C13H20NO3/c1-14(7-3-2-4-8-14)9-11-17-13(15)12-6-5-10-16-12/h5-6,10H,2-4,7-9,11H2,1H3/q+1. The maximum atomic E-state index is 11.5. The Kier molecular flexibility index (Phi) is 3.84. The van der Waals surface area contributed by atoms with Gasteiger partial charge in [0.15, 0.2) is 0 Å². The lowest BCUT2D eigenvalue weighted by molar-refractivity contribution is -0.914. The molecule has 1 aliphatic heterocycles. The number of likely N-dealkylation sites (N-methyl/N-ethyl adjacent to an activating group) is 1. The molecule has 0 atom stereocenters. The molecule has 0 bridgehead atoms. The first-order valence-electron chi connectivity index (χ1n) is 6.24. The van der Waals surface area contributed by atoms with Gasteiger partial charge in [-0.15, -0.1) is 0 Å². The van der Waals surface area contributed by atoms with Crippen molar-refractivity contribution in [2.24, 2.45) is 0 Å². The number of hydrogen-bond acceptors (Lipinski definition) is 3. The third-order valence-corrected chi connectivity index (χ3v) is 3.48. The lowest BCUT2D eigenvalue weighted by atomic mass is 10.1. The van der Waals surface area contributed by atoms with Crippen LogP contribution in [0.3, 0.4) is 0 Å². The topological polar surface area (TPSA) is 39.4 Å². The highest BCUT2D eigenvalue weighted by atomic mass is 16.5. The maximum absolute atomic E-state index is 11.5. The number of nitrogens with zero attached hydrogens (tertiary/aromatic N) is 1. The van der Waals surface area contributed by atoms with E-state index in [1.165, 1.54) is 38.6 Å². The van der Waals surface area contributed by atoms with Crippen LogP contribution in [0.15, 0.2) is 22.8 Å². The molecule has 0 amide bonds. The summed E-state index contributed by atoms with van der Waals surface area (Å²) in [4.78, 5) is 11.5. The summed E-state index contributed by atoms with van der Waals surface area (Å²) >= 11 is 0. The molecule has 4 heteroatoms. The van der Waals surface area contributed by atoms with Crippen LogP contribution in [0.2, 0.25) is 0 Å². The van der Waals surface area contributed by atoms with E-state index < -0.39 is 0 Å². The van der Waals surface area contributed by atoms with Gasteiger partial charge in [0.2, 0.25) is 5.76 Å². The zero-order chi connectivity index (χ0) is 12.1. The number of ether oxygens (including phenoxy) is 1.